The summed E-state index contributed by atoms with van der Waals surface area (Å²) >= 11 is 0. The smallest absolute Gasteiger partial charge is 0.194 e. The maximum absolute atomic E-state index is 10.5. The first-order valence-electron chi connectivity index (χ1n) is 8.91. The summed E-state index contributed by atoms with van der Waals surface area (Å²) in [5.41, 5.74) is 0.0336. The Morgan fingerprint density at radius 1 is 1.09 bits per heavy atom. The third kappa shape index (κ3) is 4.08. The SMILES string of the molecule is CCNC(=NCC1(O)CCCC1)N1CCC2(CCCC2)C1.I. The van der Waals surface area contributed by atoms with Gasteiger partial charge < -0.3 is 15.3 Å². The second kappa shape index (κ2) is 7.69. The number of rotatable bonds is 3. The first-order chi connectivity index (χ1) is 10.1. The molecule has 1 aliphatic heterocycles. The molecule has 128 valence electrons. The van der Waals surface area contributed by atoms with Crippen molar-refractivity contribution in [3.05, 3.63) is 0 Å². The number of nitrogens with one attached hydrogen (secondary N) is 1. The summed E-state index contributed by atoms with van der Waals surface area (Å²) in [6.07, 6.45) is 11.0. The fourth-order valence-electron chi connectivity index (χ4n) is 4.49. The average Bonchev–Trinajstić information content (AvgIpc) is 3.19. The van der Waals surface area contributed by atoms with Crippen LogP contribution in [0.15, 0.2) is 4.99 Å². The fourth-order valence-corrected chi connectivity index (χ4v) is 4.49. The third-order valence-corrected chi connectivity index (χ3v) is 5.79. The van der Waals surface area contributed by atoms with Crippen LogP contribution in [-0.2, 0) is 0 Å². The van der Waals surface area contributed by atoms with E-state index in [1.165, 1.54) is 32.1 Å². The van der Waals surface area contributed by atoms with E-state index < -0.39 is 5.60 Å². The minimum absolute atomic E-state index is 0. The van der Waals surface area contributed by atoms with Crippen LogP contribution in [0.4, 0.5) is 0 Å². The van der Waals surface area contributed by atoms with Gasteiger partial charge in [0.05, 0.1) is 12.1 Å². The average molecular weight is 421 g/mol. The van der Waals surface area contributed by atoms with Gasteiger partial charge in [-0.3, -0.25) is 4.99 Å². The van der Waals surface area contributed by atoms with Gasteiger partial charge in [-0.25, -0.2) is 0 Å². The van der Waals surface area contributed by atoms with E-state index in [2.05, 4.69) is 17.1 Å². The topological polar surface area (TPSA) is 47.9 Å². The molecule has 2 saturated carbocycles. The third-order valence-electron chi connectivity index (χ3n) is 5.79. The lowest BCUT2D eigenvalue weighted by molar-refractivity contribution is 0.0572. The van der Waals surface area contributed by atoms with Gasteiger partial charge in [0, 0.05) is 19.6 Å². The molecular formula is C17H32IN3O. The molecule has 5 heteroatoms. The van der Waals surface area contributed by atoms with Crippen LogP contribution < -0.4 is 5.32 Å². The van der Waals surface area contributed by atoms with Gasteiger partial charge in [0.25, 0.3) is 0 Å². The number of hydrogen-bond acceptors (Lipinski definition) is 2. The summed E-state index contributed by atoms with van der Waals surface area (Å²) in [6, 6.07) is 0. The normalized spacial score (nSPS) is 26.5. The molecule has 0 radical (unpaired) electrons. The quantitative estimate of drug-likeness (QED) is 0.418. The van der Waals surface area contributed by atoms with Gasteiger partial charge in [-0.05, 0) is 44.4 Å². The highest BCUT2D eigenvalue weighted by Crippen LogP contribution is 2.45. The van der Waals surface area contributed by atoms with Gasteiger partial charge in [0.1, 0.15) is 0 Å². The standard InChI is InChI=1S/C17H31N3O.HI/c1-2-18-15(19-13-17(21)9-5-6-10-17)20-12-11-16(14-20)7-3-4-8-16;/h21H,2-14H2,1H3,(H,18,19);1H. The molecule has 0 aromatic carbocycles. The zero-order chi connectivity index (χ0) is 14.8. The summed E-state index contributed by atoms with van der Waals surface area (Å²) in [4.78, 5) is 7.22. The summed E-state index contributed by atoms with van der Waals surface area (Å²) < 4.78 is 0. The summed E-state index contributed by atoms with van der Waals surface area (Å²) in [7, 11) is 0. The minimum atomic E-state index is -0.536. The Morgan fingerprint density at radius 2 is 1.73 bits per heavy atom. The van der Waals surface area contributed by atoms with Gasteiger partial charge in [0.2, 0.25) is 0 Å². The molecular weight excluding hydrogens is 389 g/mol. The van der Waals surface area contributed by atoms with Crippen molar-refractivity contribution in [1.82, 2.24) is 10.2 Å². The van der Waals surface area contributed by atoms with E-state index in [0.29, 0.717) is 12.0 Å². The molecule has 0 aromatic heterocycles. The molecule has 1 saturated heterocycles. The molecule has 1 spiro atoms. The van der Waals surface area contributed by atoms with E-state index in [1.807, 2.05) is 0 Å². The molecule has 2 aliphatic carbocycles. The van der Waals surface area contributed by atoms with E-state index in [-0.39, 0.29) is 24.0 Å². The Hall–Kier alpha value is -0.0400. The van der Waals surface area contributed by atoms with E-state index >= 15 is 0 Å². The number of nitrogens with zero attached hydrogens (tertiary/aromatic N) is 2. The molecule has 0 amide bonds. The van der Waals surface area contributed by atoms with Gasteiger partial charge in [0.15, 0.2) is 5.96 Å². The van der Waals surface area contributed by atoms with E-state index in [9.17, 15) is 5.11 Å². The van der Waals surface area contributed by atoms with Gasteiger partial charge in [-0.2, -0.15) is 0 Å². The van der Waals surface area contributed by atoms with Crippen molar-refractivity contribution in [3.8, 4) is 0 Å². The molecule has 3 aliphatic rings. The maximum Gasteiger partial charge on any atom is 0.194 e. The van der Waals surface area contributed by atoms with Crippen molar-refractivity contribution < 1.29 is 5.11 Å². The zero-order valence-electron chi connectivity index (χ0n) is 13.9. The van der Waals surface area contributed by atoms with Crippen LogP contribution in [-0.4, -0.2) is 47.7 Å². The molecule has 2 N–H and O–H groups in total. The van der Waals surface area contributed by atoms with Crippen LogP contribution in [0.1, 0.15) is 64.7 Å². The van der Waals surface area contributed by atoms with Crippen LogP contribution in [0, 0.1) is 5.41 Å². The van der Waals surface area contributed by atoms with Gasteiger partial charge in [-0.1, -0.05) is 25.7 Å². The largest absolute Gasteiger partial charge is 0.388 e. The minimum Gasteiger partial charge on any atom is -0.388 e. The van der Waals surface area contributed by atoms with Crippen molar-refractivity contribution in [2.24, 2.45) is 10.4 Å². The van der Waals surface area contributed by atoms with Gasteiger partial charge >= 0.3 is 0 Å². The van der Waals surface area contributed by atoms with Crippen molar-refractivity contribution in [3.63, 3.8) is 0 Å². The highest BCUT2D eigenvalue weighted by Gasteiger charge is 2.41. The van der Waals surface area contributed by atoms with Crippen molar-refractivity contribution in [1.29, 1.82) is 0 Å². The number of hydrogen-bond donors (Lipinski definition) is 2. The van der Waals surface area contributed by atoms with E-state index in [0.717, 1.165) is 51.3 Å². The summed E-state index contributed by atoms with van der Waals surface area (Å²) in [6.45, 7) is 5.89. The summed E-state index contributed by atoms with van der Waals surface area (Å²) in [5.74, 6) is 1.03. The fraction of sp³-hybridized carbons (Fsp3) is 0.941. The Bertz CT molecular complexity index is 387. The second-order valence-electron chi connectivity index (χ2n) is 7.48. The number of guanidine groups is 1. The van der Waals surface area contributed by atoms with Crippen molar-refractivity contribution in [2.45, 2.75) is 70.3 Å². The number of halogens is 1. The molecule has 0 bridgehead atoms. The van der Waals surface area contributed by atoms with Crippen LogP contribution in [0.2, 0.25) is 0 Å². The monoisotopic (exact) mass is 421 g/mol. The number of likely N-dealkylation sites (tertiary alicyclic amines) is 1. The van der Waals surface area contributed by atoms with Crippen LogP contribution in [0.25, 0.3) is 0 Å². The Balaban J connectivity index is 0.00000176. The molecule has 4 nitrogen and oxygen atoms in total. The first-order valence-corrected chi connectivity index (χ1v) is 8.91. The molecule has 0 unspecified atom stereocenters. The predicted octanol–water partition coefficient (Wildman–Crippen LogP) is 3.14. The van der Waals surface area contributed by atoms with E-state index in [1.54, 1.807) is 0 Å². The predicted molar refractivity (Wildman–Crippen MR) is 102 cm³/mol. The molecule has 1 heterocycles. The van der Waals surface area contributed by atoms with Crippen LogP contribution in [0.3, 0.4) is 0 Å². The molecule has 0 aromatic rings. The Kier molecular flexibility index (Phi) is 6.39. The maximum atomic E-state index is 10.5. The summed E-state index contributed by atoms with van der Waals surface area (Å²) in [5, 5.41) is 13.9. The molecule has 3 rings (SSSR count). The lowest BCUT2D eigenvalue weighted by atomic mass is 9.86. The first kappa shape index (κ1) is 18.3. The highest BCUT2D eigenvalue weighted by atomic mass is 127. The Morgan fingerprint density at radius 3 is 2.36 bits per heavy atom. The molecule has 3 fully saturated rings. The molecule has 0 atom stereocenters. The van der Waals surface area contributed by atoms with Crippen LogP contribution in [0.5, 0.6) is 0 Å². The molecule has 22 heavy (non-hydrogen) atoms. The highest BCUT2D eigenvalue weighted by molar-refractivity contribution is 14.0. The zero-order valence-corrected chi connectivity index (χ0v) is 16.3. The van der Waals surface area contributed by atoms with E-state index in [4.69, 9.17) is 4.99 Å². The Labute approximate surface area is 152 Å². The van der Waals surface area contributed by atoms with Gasteiger partial charge in [-0.15, -0.1) is 24.0 Å². The van der Waals surface area contributed by atoms with Crippen molar-refractivity contribution in [2.75, 3.05) is 26.2 Å². The number of aliphatic hydroxyl groups is 1. The second-order valence-corrected chi connectivity index (χ2v) is 7.48. The van der Waals surface area contributed by atoms with Crippen LogP contribution >= 0.6 is 24.0 Å². The lowest BCUT2D eigenvalue weighted by Gasteiger charge is -2.27. The number of aliphatic imine (C=N–C) groups is 1. The lowest BCUT2D eigenvalue weighted by Crippen LogP contribution is -2.42. The van der Waals surface area contributed by atoms with Crippen molar-refractivity contribution >= 4 is 29.9 Å².